The van der Waals surface area contributed by atoms with Crippen LogP contribution in [0.1, 0.15) is 28.1 Å². The van der Waals surface area contributed by atoms with Crippen molar-refractivity contribution in [1.29, 1.82) is 0 Å². The Morgan fingerprint density at radius 1 is 1.18 bits per heavy atom. The Labute approximate surface area is 218 Å². The summed E-state index contributed by atoms with van der Waals surface area (Å²) in [4.78, 5) is 47.3. The van der Waals surface area contributed by atoms with Gasteiger partial charge in [0.25, 0.3) is 5.56 Å². The molecule has 1 aromatic carbocycles. The third kappa shape index (κ3) is 5.32. The minimum atomic E-state index is -1.07. The summed E-state index contributed by atoms with van der Waals surface area (Å²) in [5.74, 6) is 4.96. The summed E-state index contributed by atoms with van der Waals surface area (Å²) >= 11 is 0. The predicted molar refractivity (Wildman–Crippen MR) is 135 cm³/mol. The van der Waals surface area contributed by atoms with Gasteiger partial charge in [-0.3, -0.25) is 14.3 Å². The quantitative estimate of drug-likeness (QED) is 0.367. The maximum Gasteiger partial charge on any atom is 0.329 e. The monoisotopic (exact) mass is 517 g/mol. The Morgan fingerprint density at radius 3 is 2.63 bits per heavy atom. The first kappa shape index (κ1) is 25.3. The molecule has 3 aromatic rings. The number of aromatic hydroxyl groups is 1. The van der Waals surface area contributed by atoms with Crippen LogP contribution in [0.2, 0.25) is 0 Å². The third-order valence-corrected chi connectivity index (χ3v) is 6.64. The van der Waals surface area contributed by atoms with Crippen molar-refractivity contribution in [3.8, 4) is 17.6 Å². The normalized spacial score (nSPS) is 16.0. The number of carbonyl (C=O) groups excluding carboxylic acids is 2. The van der Waals surface area contributed by atoms with Crippen molar-refractivity contribution in [2.75, 3.05) is 33.4 Å². The van der Waals surface area contributed by atoms with Gasteiger partial charge in [-0.15, -0.1) is 0 Å². The number of hydrogen-bond donors (Lipinski definition) is 2. The molecule has 4 heterocycles. The SMILES string of the molecule is COC(=O)C(Cc1nc[nH]c(=O)c1O)N1Cc2cc(C#Cc3ccc(CN4CCOCC4)cc3)cn2C1=O. The Hall–Kier alpha value is -4.40. The summed E-state index contributed by atoms with van der Waals surface area (Å²) in [5.41, 5.74) is 2.69. The number of benzene rings is 1. The highest BCUT2D eigenvalue weighted by Crippen LogP contribution is 2.25. The van der Waals surface area contributed by atoms with Crippen molar-refractivity contribution in [3.63, 3.8) is 0 Å². The van der Waals surface area contributed by atoms with Crippen LogP contribution in [0.5, 0.6) is 5.75 Å². The van der Waals surface area contributed by atoms with Crippen LogP contribution in [-0.2, 0) is 33.8 Å². The molecule has 38 heavy (non-hydrogen) atoms. The average Bonchev–Trinajstić information content (AvgIpc) is 3.47. The lowest BCUT2D eigenvalue weighted by Gasteiger charge is -2.26. The van der Waals surface area contributed by atoms with Gasteiger partial charge in [-0.05, 0) is 23.8 Å². The molecule has 2 aliphatic rings. The van der Waals surface area contributed by atoms with Crippen molar-refractivity contribution < 1.29 is 24.2 Å². The molecule has 196 valence electrons. The van der Waals surface area contributed by atoms with Crippen LogP contribution in [0.3, 0.4) is 0 Å². The molecule has 0 radical (unpaired) electrons. The number of H-pyrrole nitrogens is 1. The van der Waals surface area contributed by atoms with Gasteiger partial charge < -0.3 is 24.5 Å². The number of ether oxygens (including phenoxy) is 2. The van der Waals surface area contributed by atoms with Gasteiger partial charge in [0.2, 0.25) is 5.75 Å². The fraction of sp³-hybridized carbons (Fsp3) is 0.333. The highest BCUT2D eigenvalue weighted by atomic mass is 16.5. The van der Waals surface area contributed by atoms with Gasteiger partial charge in [-0.25, -0.2) is 14.6 Å². The van der Waals surface area contributed by atoms with E-state index in [1.54, 1.807) is 12.3 Å². The molecule has 2 aliphatic heterocycles. The average molecular weight is 518 g/mol. The third-order valence-electron chi connectivity index (χ3n) is 6.64. The fourth-order valence-electron chi connectivity index (χ4n) is 4.57. The second-order valence-corrected chi connectivity index (χ2v) is 9.11. The molecule has 0 bridgehead atoms. The smallest absolute Gasteiger partial charge is 0.329 e. The lowest BCUT2D eigenvalue weighted by Crippen LogP contribution is -2.44. The van der Waals surface area contributed by atoms with E-state index in [4.69, 9.17) is 9.47 Å². The van der Waals surface area contributed by atoms with E-state index in [9.17, 15) is 19.5 Å². The summed E-state index contributed by atoms with van der Waals surface area (Å²) in [6.07, 6.45) is 2.59. The van der Waals surface area contributed by atoms with Gasteiger partial charge >= 0.3 is 12.0 Å². The number of morpholine rings is 1. The van der Waals surface area contributed by atoms with Crippen LogP contribution in [0.15, 0.2) is 47.7 Å². The number of esters is 1. The molecule has 1 atom stereocenters. The molecule has 0 spiro atoms. The molecule has 1 unspecified atom stereocenters. The van der Waals surface area contributed by atoms with E-state index in [2.05, 4.69) is 38.8 Å². The minimum absolute atomic E-state index is 0.00366. The molecule has 1 amide bonds. The predicted octanol–water partition coefficient (Wildman–Crippen LogP) is 1.08. The van der Waals surface area contributed by atoms with E-state index in [0.717, 1.165) is 44.7 Å². The van der Waals surface area contributed by atoms with Crippen molar-refractivity contribution in [1.82, 2.24) is 24.3 Å². The Kier molecular flexibility index (Phi) is 7.26. The summed E-state index contributed by atoms with van der Waals surface area (Å²) < 4.78 is 11.7. The van der Waals surface area contributed by atoms with E-state index >= 15 is 0 Å². The molecule has 2 aromatic heterocycles. The first-order valence-corrected chi connectivity index (χ1v) is 12.2. The van der Waals surface area contributed by atoms with Crippen LogP contribution < -0.4 is 5.56 Å². The zero-order chi connectivity index (χ0) is 26.6. The topological polar surface area (TPSA) is 130 Å². The molecular weight excluding hydrogens is 490 g/mol. The highest BCUT2D eigenvalue weighted by molar-refractivity contribution is 5.87. The van der Waals surface area contributed by atoms with Gasteiger partial charge in [-0.2, -0.15) is 0 Å². The molecule has 1 saturated heterocycles. The molecule has 5 rings (SSSR count). The molecule has 2 N–H and O–H groups in total. The second-order valence-electron chi connectivity index (χ2n) is 9.11. The molecule has 0 saturated carbocycles. The van der Waals surface area contributed by atoms with Gasteiger partial charge in [-0.1, -0.05) is 24.0 Å². The number of amides is 1. The zero-order valence-corrected chi connectivity index (χ0v) is 20.8. The fourth-order valence-corrected chi connectivity index (χ4v) is 4.57. The molecule has 11 heteroatoms. The molecule has 11 nitrogen and oxygen atoms in total. The number of nitrogens with zero attached hydrogens (tertiary/aromatic N) is 4. The van der Waals surface area contributed by atoms with Gasteiger partial charge in [0, 0.05) is 49.1 Å². The largest absolute Gasteiger partial charge is 0.502 e. The maximum atomic E-state index is 13.2. The Morgan fingerprint density at radius 2 is 1.92 bits per heavy atom. The highest BCUT2D eigenvalue weighted by Gasteiger charge is 2.38. The van der Waals surface area contributed by atoms with E-state index in [1.165, 1.54) is 22.1 Å². The van der Waals surface area contributed by atoms with E-state index in [1.807, 2.05) is 12.1 Å². The number of fused-ring (bicyclic) bond motifs is 1. The van der Waals surface area contributed by atoms with Gasteiger partial charge in [0.1, 0.15) is 6.04 Å². The summed E-state index contributed by atoms with van der Waals surface area (Å²) in [5, 5.41) is 10.0. The Bertz CT molecular complexity index is 1460. The summed E-state index contributed by atoms with van der Waals surface area (Å²) in [6.45, 7) is 4.42. The van der Waals surface area contributed by atoms with Crippen LogP contribution in [0, 0.1) is 11.8 Å². The minimum Gasteiger partial charge on any atom is -0.502 e. The van der Waals surface area contributed by atoms with Crippen molar-refractivity contribution in [2.45, 2.75) is 25.6 Å². The zero-order valence-electron chi connectivity index (χ0n) is 20.8. The first-order chi connectivity index (χ1) is 18.4. The second kappa shape index (κ2) is 10.9. The van der Waals surface area contributed by atoms with Crippen LogP contribution in [-0.4, -0.2) is 80.9 Å². The van der Waals surface area contributed by atoms with Gasteiger partial charge in [0.15, 0.2) is 0 Å². The maximum absolute atomic E-state index is 13.2. The molecule has 0 aliphatic carbocycles. The number of nitrogens with one attached hydrogen (secondary N) is 1. The summed E-state index contributed by atoms with van der Waals surface area (Å²) in [6, 6.07) is 8.41. The number of hydrogen-bond acceptors (Lipinski definition) is 8. The summed E-state index contributed by atoms with van der Waals surface area (Å²) in [7, 11) is 1.21. The number of aromatic amines is 1. The van der Waals surface area contributed by atoms with Crippen LogP contribution in [0.25, 0.3) is 0 Å². The molecular formula is C27H27N5O6. The van der Waals surface area contributed by atoms with E-state index in [0.29, 0.717) is 11.3 Å². The molecule has 1 fully saturated rings. The van der Waals surface area contributed by atoms with Crippen molar-refractivity contribution in [2.24, 2.45) is 0 Å². The van der Waals surface area contributed by atoms with Gasteiger partial charge in [0.05, 0.1) is 38.9 Å². The number of rotatable bonds is 6. The lowest BCUT2D eigenvalue weighted by molar-refractivity contribution is -0.145. The lowest BCUT2D eigenvalue weighted by atomic mass is 10.1. The van der Waals surface area contributed by atoms with E-state index in [-0.39, 0.29) is 18.7 Å². The van der Waals surface area contributed by atoms with Crippen LogP contribution >= 0.6 is 0 Å². The Balaban J connectivity index is 1.27. The first-order valence-electron chi connectivity index (χ1n) is 12.2. The number of aromatic nitrogens is 3. The number of methoxy groups -OCH3 is 1. The van der Waals surface area contributed by atoms with Crippen molar-refractivity contribution in [3.05, 3.63) is 81.3 Å². The number of carbonyl (C=O) groups is 2. The van der Waals surface area contributed by atoms with Crippen LogP contribution in [0.4, 0.5) is 4.79 Å². The van der Waals surface area contributed by atoms with E-state index < -0.39 is 29.4 Å². The van der Waals surface area contributed by atoms with Crippen molar-refractivity contribution >= 4 is 12.0 Å². The standard InChI is InChI=1S/C27H27N5O6/c1-37-26(35)23(13-22-24(33)25(34)29-17-28-22)32-16-21-12-20(15-31(21)27(32)36)7-4-18-2-5-19(6-3-18)14-30-8-10-38-11-9-30/h2-3,5-6,12,15,17,23,33H,8-11,13-14,16H2,1H3,(H,28,29,34).